The Morgan fingerprint density at radius 1 is 1.44 bits per heavy atom. The Kier molecular flexibility index (Phi) is 5.15. The van der Waals surface area contributed by atoms with Crippen molar-refractivity contribution < 1.29 is 22.7 Å². The number of benzene rings is 1. The average Bonchev–Trinajstić information content (AvgIpc) is 2.24. The minimum absolute atomic E-state index is 0.0741. The second-order valence-electron chi connectivity index (χ2n) is 3.80. The number of carboxylic acids is 1. The lowest BCUT2D eigenvalue weighted by Gasteiger charge is -2.04. The summed E-state index contributed by atoms with van der Waals surface area (Å²) in [4.78, 5) is 10.7. The lowest BCUT2D eigenvalue weighted by molar-refractivity contribution is 0.0691. The van der Waals surface area contributed by atoms with Gasteiger partial charge in [-0.05, 0) is 17.7 Å². The first-order valence-corrected chi connectivity index (χ1v) is 8.28. The first-order chi connectivity index (χ1) is 8.29. The van der Waals surface area contributed by atoms with Crippen LogP contribution < -0.4 is 0 Å². The summed E-state index contributed by atoms with van der Waals surface area (Å²) in [6, 6.07) is 3.87. The molecule has 0 atom stereocenters. The van der Waals surface area contributed by atoms with Gasteiger partial charge < -0.3 is 5.11 Å². The van der Waals surface area contributed by atoms with Gasteiger partial charge in [-0.2, -0.15) is 11.8 Å². The molecule has 1 aromatic carbocycles. The summed E-state index contributed by atoms with van der Waals surface area (Å²) in [6.45, 7) is 0. The number of hydrogen-bond acceptors (Lipinski definition) is 4. The number of thioether (sulfide) groups is 1. The summed E-state index contributed by atoms with van der Waals surface area (Å²) in [7, 11) is -2.98. The average molecular weight is 292 g/mol. The normalized spacial score (nSPS) is 11.4. The summed E-state index contributed by atoms with van der Waals surface area (Å²) in [5.74, 6) is -1.12. The summed E-state index contributed by atoms with van der Waals surface area (Å²) in [5.41, 5.74) is 0.295. The SMILES string of the molecule is CS(=O)(=O)CCSCc1ccc(F)c(C(=O)O)c1. The van der Waals surface area contributed by atoms with E-state index in [2.05, 4.69) is 0 Å². The van der Waals surface area contributed by atoms with Crippen LogP contribution in [0.3, 0.4) is 0 Å². The highest BCUT2D eigenvalue weighted by Crippen LogP contribution is 2.16. The quantitative estimate of drug-likeness (QED) is 0.810. The Morgan fingerprint density at radius 3 is 2.67 bits per heavy atom. The molecule has 1 rings (SSSR count). The van der Waals surface area contributed by atoms with Crippen molar-refractivity contribution >= 4 is 27.6 Å². The van der Waals surface area contributed by atoms with Crippen LogP contribution in [0.2, 0.25) is 0 Å². The standard InChI is InChI=1S/C11H13FO4S2/c1-18(15,16)5-4-17-7-8-2-3-10(12)9(6-8)11(13)14/h2-3,6H,4-5,7H2,1H3,(H,13,14). The summed E-state index contributed by atoms with van der Waals surface area (Å²) in [6.07, 6.45) is 1.16. The van der Waals surface area contributed by atoms with Crippen LogP contribution in [0.1, 0.15) is 15.9 Å². The molecule has 0 spiro atoms. The molecule has 0 unspecified atom stereocenters. The van der Waals surface area contributed by atoms with Crippen LogP contribution in [0.15, 0.2) is 18.2 Å². The van der Waals surface area contributed by atoms with Crippen molar-refractivity contribution in [3.63, 3.8) is 0 Å². The Hall–Kier alpha value is -1.08. The van der Waals surface area contributed by atoms with Gasteiger partial charge in [-0.1, -0.05) is 6.07 Å². The highest BCUT2D eigenvalue weighted by molar-refractivity contribution is 7.99. The van der Waals surface area contributed by atoms with E-state index < -0.39 is 21.6 Å². The molecule has 100 valence electrons. The second-order valence-corrected chi connectivity index (χ2v) is 7.17. The van der Waals surface area contributed by atoms with Crippen molar-refractivity contribution in [1.29, 1.82) is 0 Å². The number of carboxylic acid groups (broad SMARTS) is 1. The van der Waals surface area contributed by atoms with Gasteiger partial charge >= 0.3 is 5.97 Å². The largest absolute Gasteiger partial charge is 0.478 e. The number of sulfone groups is 1. The minimum atomic E-state index is -2.98. The first-order valence-electron chi connectivity index (χ1n) is 5.07. The van der Waals surface area contributed by atoms with E-state index in [0.29, 0.717) is 17.1 Å². The van der Waals surface area contributed by atoms with Gasteiger partial charge in [-0.3, -0.25) is 0 Å². The predicted octanol–water partition coefficient (Wildman–Crippen LogP) is 1.80. The monoisotopic (exact) mass is 292 g/mol. The van der Waals surface area contributed by atoms with Crippen LogP contribution in [0.4, 0.5) is 4.39 Å². The maximum absolute atomic E-state index is 13.1. The van der Waals surface area contributed by atoms with Gasteiger partial charge in [0, 0.05) is 17.8 Å². The van der Waals surface area contributed by atoms with Gasteiger partial charge in [-0.25, -0.2) is 17.6 Å². The van der Waals surface area contributed by atoms with E-state index in [1.807, 2.05) is 0 Å². The van der Waals surface area contributed by atoms with E-state index in [1.54, 1.807) is 0 Å². The molecule has 0 aromatic heterocycles. The molecule has 1 N–H and O–H groups in total. The fourth-order valence-electron chi connectivity index (χ4n) is 1.23. The Balaban J connectivity index is 2.58. The van der Waals surface area contributed by atoms with Crippen LogP contribution in [0.5, 0.6) is 0 Å². The van der Waals surface area contributed by atoms with Crippen molar-refractivity contribution in [2.24, 2.45) is 0 Å². The molecular formula is C11H13FO4S2. The predicted molar refractivity (Wildman–Crippen MR) is 69.2 cm³/mol. The van der Waals surface area contributed by atoms with Crippen molar-refractivity contribution in [3.05, 3.63) is 35.1 Å². The molecule has 0 saturated carbocycles. The third-order valence-corrected chi connectivity index (χ3v) is 4.36. The van der Waals surface area contributed by atoms with Gasteiger partial charge in [0.2, 0.25) is 0 Å². The fraction of sp³-hybridized carbons (Fsp3) is 0.364. The van der Waals surface area contributed by atoms with Crippen molar-refractivity contribution in [2.45, 2.75) is 5.75 Å². The van der Waals surface area contributed by atoms with Gasteiger partial charge in [0.15, 0.2) is 0 Å². The van der Waals surface area contributed by atoms with Crippen molar-refractivity contribution in [1.82, 2.24) is 0 Å². The third-order valence-electron chi connectivity index (χ3n) is 2.13. The third kappa shape index (κ3) is 5.05. The van der Waals surface area contributed by atoms with E-state index in [9.17, 15) is 17.6 Å². The van der Waals surface area contributed by atoms with Crippen LogP contribution in [-0.2, 0) is 15.6 Å². The molecule has 0 aliphatic carbocycles. The van der Waals surface area contributed by atoms with Crippen LogP contribution >= 0.6 is 11.8 Å². The minimum Gasteiger partial charge on any atom is -0.478 e. The second kappa shape index (κ2) is 6.19. The maximum Gasteiger partial charge on any atom is 0.338 e. The van der Waals surface area contributed by atoms with Gasteiger partial charge in [-0.15, -0.1) is 0 Å². The molecule has 7 heteroatoms. The zero-order valence-corrected chi connectivity index (χ0v) is 11.4. The molecule has 0 bridgehead atoms. The van der Waals surface area contributed by atoms with Crippen LogP contribution in [0, 0.1) is 5.82 Å². The van der Waals surface area contributed by atoms with E-state index in [0.717, 1.165) is 12.3 Å². The zero-order valence-electron chi connectivity index (χ0n) is 9.72. The lowest BCUT2D eigenvalue weighted by atomic mass is 10.1. The molecule has 0 aliphatic rings. The molecule has 0 saturated heterocycles. The number of aromatic carboxylic acids is 1. The molecular weight excluding hydrogens is 279 g/mol. The Morgan fingerprint density at radius 2 is 2.11 bits per heavy atom. The van der Waals surface area contributed by atoms with Gasteiger partial charge in [0.05, 0.1) is 11.3 Å². The van der Waals surface area contributed by atoms with E-state index in [-0.39, 0.29) is 11.3 Å². The topological polar surface area (TPSA) is 71.4 Å². The number of carbonyl (C=O) groups is 1. The Bertz CT molecular complexity index is 540. The fourth-order valence-corrected chi connectivity index (χ4v) is 3.47. The summed E-state index contributed by atoms with van der Waals surface area (Å²) < 4.78 is 34.9. The van der Waals surface area contributed by atoms with Crippen molar-refractivity contribution in [2.75, 3.05) is 17.8 Å². The smallest absolute Gasteiger partial charge is 0.338 e. The zero-order chi connectivity index (χ0) is 13.8. The molecule has 0 heterocycles. The highest BCUT2D eigenvalue weighted by atomic mass is 32.2. The van der Waals surface area contributed by atoms with Gasteiger partial charge in [0.1, 0.15) is 15.7 Å². The molecule has 0 radical (unpaired) electrons. The molecule has 4 nitrogen and oxygen atoms in total. The number of hydrogen-bond donors (Lipinski definition) is 1. The van der Waals surface area contributed by atoms with E-state index in [4.69, 9.17) is 5.11 Å². The Labute approximate surface area is 109 Å². The molecule has 18 heavy (non-hydrogen) atoms. The maximum atomic E-state index is 13.1. The molecule has 1 aromatic rings. The van der Waals surface area contributed by atoms with E-state index >= 15 is 0 Å². The lowest BCUT2D eigenvalue weighted by Crippen LogP contribution is -2.05. The molecule has 0 fully saturated rings. The van der Waals surface area contributed by atoms with Crippen LogP contribution in [0.25, 0.3) is 0 Å². The molecule has 0 amide bonds. The number of rotatable bonds is 6. The number of halogens is 1. The summed E-state index contributed by atoms with van der Waals surface area (Å²) >= 11 is 1.36. The first kappa shape index (κ1) is 15.0. The molecule has 0 aliphatic heterocycles. The summed E-state index contributed by atoms with van der Waals surface area (Å²) in [5, 5.41) is 8.74. The van der Waals surface area contributed by atoms with Gasteiger partial charge in [0.25, 0.3) is 0 Å². The van der Waals surface area contributed by atoms with Crippen molar-refractivity contribution in [3.8, 4) is 0 Å². The highest BCUT2D eigenvalue weighted by Gasteiger charge is 2.10. The van der Waals surface area contributed by atoms with E-state index in [1.165, 1.54) is 23.9 Å². The van der Waals surface area contributed by atoms with Crippen LogP contribution in [-0.4, -0.2) is 37.3 Å².